The first-order chi connectivity index (χ1) is 11.0. The van der Waals surface area contributed by atoms with Crippen LogP contribution in [0.4, 0.5) is 5.82 Å². The highest BCUT2D eigenvalue weighted by atomic mass is 16.5. The number of hydrogen-bond donors (Lipinski definition) is 1. The number of aryl methyl sites for hydroxylation is 1. The number of benzene rings is 1. The highest BCUT2D eigenvalue weighted by Gasteiger charge is 2.30. The molecule has 1 N–H and O–H groups in total. The van der Waals surface area contributed by atoms with E-state index >= 15 is 0 Å². The van der Waals surface area contributed by atoms with Crippen molar-refractivity contribution in [2.24, 2.45) is 0 Å². The van der Waals surface area contributed by atoms with E-state index in [-0.39, 0.29) is 24.3 Å². The van der Waals surface area contributed by atoms with Crippen LogP contribution in [-0.4, -0.2) is 28.4 Å². The van der Waals surface area contributed by atoms with Crippen LogP contribution >= 0.6 is 0 Å². The maximum absolute atomic E-state index is 12.3. The van der Waals surface area contributed by atoms with Crippen molar-refractivity contribution in [1.29, 1.82) is 0 Å². The summed E-state index contributed by atoms with van der Waals surface area (Å²) in [4.78, 5) is 26.0. The summed E-state index contributed by atoms with van der Waals surface area (Å²) in [6.07, 6.45) is 1.01. The van der Waals surface area contributed by atoms with Gasteiger partial charge in [-0.2, -0.15) is 0 Å². The fourth-order valence-electron chi connectivity index (χ4n) is 3.04. The van der Waals surface area contributed by atoms with Gasteiger partial charge in [0.2, 0.25) is 11.8 Å². The maximum Gasteiger partial charge on any atom is 0.228 e. The molecule has 0 fully saturated rings. The lowest BCUT2D eigenvalue weighted by molar-refractivity contribution is -0.132. The molecule has 2 aromatic rings. The third-order valence-electron chi connectivity index (χ3n) is 4.09. The van der Waals surface area contributed by atoms with Gasteiger partial charge in [0, 0.05) is 19.5 Å². The van der Waals surface area contributed by atoms with Crippen molar-refractivity contribution in [2.75, 3.05) is 11.9 Å². The lowest BCUT2D eigenvalue weighted by Crippen LogP contribution is -2.40. The molecule has 23 heavy (non-hydrogen) atoms. The molecular formula is C17H19N3O3. The average molecular weight is 313 g/mol. The predicted molar refractivity (Wildman–Crippen MR) is 84.8 cm³/mol. The molecule has 6 nitrogen and oxygen atoms in total. The van der Waals surface area contributed by atoms with E-state index in [1.54, 1.807) is 24.8 Å². The lowest BCUT2D eigenvalue weighted by Gasteiger charge is -2.36. The molecule has 2 amide bonds. The SMILES string of the molecule is CC(=O)N1CCc2ccccc2C1CC(=O)Nc1cc(C)on1. The monoisotopic (exact) mass is 313 g/mol. The molecule has 0 bridgehead atoms. The van der Waals surface area contributed by atoms with Crippen LogP contribution < -0.4 is 5.32 Å². The van der Waals surface area contributed by atoms with Gasteiger partial charge in [-0.05, 0) is 24.5 Å². The molecule has 0 aliphatic carbocycles. The summed E-state index contributed by atoms with van der Waals surface area (Å²) in [5.74, 6) is 0.820. The summed E-state index contributed by atoms with van der Waals surface area (Å²) < 4.78 is 4.94. The largest absolute Gasteiger partial charge is 0.360 e. The summed E-state index contributed by atoms with van der Waals surface area (Å²) in [6.45, 7) is 3.94. The molecule has 1 unspecified atom stereocenters. The quantitative estimate of drug-likeness (QED) is 0.944. The number of carbonyl (C=O) groups excluding carboxylic acids is 2. The van der Waals surface area contributed by atoms with Gasteiger partial charge in [-0.3, -0.25) is 9.59 Å². The Hall–Kier alpha value is -2.63. The second kappa shape index (κ2) is 6.24. The molecular weight excluding hydrogens is 294 g/mol. The molecule has 1 aromatic carbocycles. The van der Waals surface area contributed by atoms with Crippen molar-refractivity contribution in [2.45, 2.75) is 32.7 Å². The van der Waals surface area contributed by atoms with Gasteiger partial charge in [-0.15, -0.1) is 0 Å². The number of fused-ring (bicyclic) bond motifs is 1. The van der Waals surface area contributed by atoms with Crippen LogP contribution in [-0.2, 0) is 16.0 Å². The van der Waals surface area contributed by atoms with Gasteiger partial charge < -0.3 is 14.7 Å². The van der Waals surface area contributed by atoms with Crippen LogP contribution in [0.5, 0.6) is 0 Å². The first kappa shape index (κ1) is 15.3. The van der Waals surface area contributed by atoms with Crippen molar-refractivity contribution in [3.05, 3.63) is 47.2 Å². The summed E-state index contributed by atoms with van der Waals surface area (Å²) >= 11 is 0. The molecule has 1 atom stereocenters. The normalized spacial score (nSPS) is 16.8. The number of aromatic nitrogens is 1. The molecule has 0 saturated heterocycles. The number of anilines is 1. The molecule has 6 heteroatoms. The number of carbonyl (C=O) groups is 2. The number of nitrogens with zero attached hydrogens (tertiary/aromatic N) is 2. The van der Waals surface area contributed by atoms with Crippen molar-refractivity contribution >= 4 is 17.6 Å². The Morgan fingerprint density at radius 1 is 1.39 bits per heavy atom. The predicted octanol–water partition coefficient (Wildman–Crippen LogP) is 2.46. The van der Waals surface area contributed by atoms with Crippen LogP contribution in [0.3, 0.4) is 0 Å². The van der Waals surface area contributed by atoms with Gasteiger partial charge in [0.1, 0.15) is 5.76 Å². The van der Waals surface area contributed by atoms with Gasteiger partial charge in [0.15, 0.2) is 5.82 Å². The van der Waals surface area contributed by atoms with Crippen LogP contribution in [0.2, 0.25) is 0 Å². The Kier molecular flexibility index (Phi) is 4.14. The highest BCUT2D eigenvalue weighted by Crippen LogP contribution is 2.32. The Morgan fingerprint density at radius 3 is 2.87 bits per heavy atom. The van der Waals surface area contributed by atoms with Crippen LogP contribution in [0.1, 0.15) is 36.3 Å². The van der Waals surface area contributed by atoms with Crippen molar-refractivity contribution < 1.29 is 14.1 Å². The topological polar surface area (TPSA) is 75.4 Å². The Morgan fingerprint density at radius 2 is 2.17 bits per heavy atom. The fraction of sp³-hybridized carbons (Fsp3) is 0.353. The van der Waals surface area contributed by atoms with Crippen molar-refractivity contribution in [1.82, 2.24) is 10.1 Å². The second-order valence-electron chi connectivity index (χ2n) is 5.75. The highest BCUT2D eigenvalue weighted by molar-refractivity contribution is 5.90. The zero-order chi connectivity index (χ0) is 16.4. The van der Waals surface area contributed by atoms with E-state index in [1.807, 2.05) is 18.2 Å². The van der Waals surface area contributed by atoms with E-state index < -0.39 is 0 Å². The van der Waals surface area contributed by atoms with Crippen LogP contribution in [0.15, 0.2) is 34.9 Å². The van der Waals surface area contributed by atoms with E-state index in [2.05, 4.69) is 16.5 Å². The number of nitrogens with one attached hydrogen (secondary N) is 1. The molecule has 1 aliphatic heterocycles. The number of rotatable bonds is 3. The minimum absolute atomic E-state index is 0.0189. The molecule has 0 saturated carbocycles. The average Bonchev–Trinajstić information content (AvgIpc) is 2.92. The molecule has 3 rings (SSSR count). The van der Waals surface area contributed by atoms with Crippen LogP contribution in [0.25, 0.3) is 0 Å². The fourth-order valence-corrected chi connectivity index (χ4v) is 3.04. The number of hydrogen-bond acceptors (Lipinski definition) is 4. The zero-order valence-corrected chi connectivity index (χ0v) is 13.2. The van der Waals surface area contributed by atoms with E-state index in [9.17, 15) is 9.59 Å². The second-order valence-corrected chi connectivity index (χ2v) is 5.75. The molecule has 0 radical (unpaired) electrons. The van der Waals surface area contributed by atoms with Crippen molar-refractivity contribution in [3.63, 3.8) is 0 Å². The maximum atomic E-state index is 12.3. The molecule has 120 valence electrons. The first-order valence-electron chi connectivity index (χ1n) is 7.63. The standard InChI is InChI=1S/C17H19N3O3/c1-11-9-16(19-23-11)18-17(22)10-15-14-6-4-3-5-13(14)7-8-20(15)12(2)21/h3-6,9,15H,7-8,10H2,1-2H3,(H,18,19,22). The van der Waals surface area contributed by atoms with Crippen LogP contribution in [0, 0.1) is 6.92 Å². The summed E-state index contributed by atoms with van der Waals surface area (Å²) in [5, 5.41) is 6.48. The third-order valence-corrected chi connectivity index (χ3v) is 4.09. The van der Waals surface area contributed by atoms with Gasteiger partial charge in [0.25, 0.3) is 0 Å². The Labute approximate surface area is 134 Å². The minimum Gasteiger partial charge on any atom is -0.360 e. The van der Waals surface area contributed by atoms with Gasteiger partial charge in [-0.1, -0.05) is 29.4 Å². The number of amides is 2. The molecule has 0 spiro atoms. The molecule has 1 aromatic heterocycles. The van der Waals surface area contributed by atoms with E-state index in [4.69, 9.17) is 4.52 Å². The Balaban J connectivity index is 1.80. The first-order valence-corrected chi connectivity index (χ1v) is 7.63. The minimum atomic E-state index is -0.245. The van der Waals surface area contributed by atoms with Gasteiger partial charge >= 0.3 is 0 Å². The lowest BCUT2D eigenvalue weighted by atomic mass is 9.90. The third kappa shape index (κ3) is 3.26. The molecule has 2 heterocycles. The summed E-state index contributed by atoms with van der Waals surface area (Å²) in [6, 6.07) is 9.38. The summed E-state index contributed by atoms with van der Waals surface area (Å²) in [7, 11) is 0. The van der Waals surface area contributed by atoms with E-state index in [0.717, 1.165) is 12.0 Å². The smallest absolute Gasteiger partial charge is 0.228 e. The van der Waals surface area contributed by atoms with Crippen molar-refractivity contribution in [3.8, 4) is 0 Å². The van der Waals surface area contributed by atoms with Gasteiger partial charge in [0.05, 0.1) is 12.5 Å². The zero-order valence-electron chi connectivity index (χ0n) is 13.2. The van der Waals surface area contributed by atoms with Gasteiger partial charge in [-0.25, -0.2) is 0 Å². The molecule has 1 aliphatic rings. The van der Waals surface area contributed by atoms with E-state index in [1.165, 1.54) is 5.56 Å². The summed E-state index contributed by atoms with van der Waals surface area (Å²) in [5.41, 5.74) is 2.24. The van der Waals surface area contributed by atoms with E-state index in [0.29, 0.717) is 18.1 Å². The Bertz CT molecular complexity index is 738.